The van der Waals surface area contributed by atoms with E-state index in [1.807, 2.05) is 6.92 Å². The van der Waals surface area contributed by atoms with E-state index in [2.05, 4.69) is 15.0 Å². The fraction of sp³-hybridized carbons (Fsp3) is 0.200. The van der Waals surface area contributed by atoms with E-state index in [4.69, 9.17) is 0 Å². The molecule has 0 bridgehead atoms. The van der Waals surface area contributed by atoms with Gasteiger partial charge in [-0.05, 0) is 24.2 Å². The lowest BCUT2D eigenvalue weighted by Gasteiger charge is -1.98. The van der Waals surface area contributed by atoms with Gasteiger partial charge in [-0.2, -0.15) is 0 Å². The highest BCUT2D eigenvalue weighted by Crippen LogP contribution is 2.30. The summed E-state index contributed by atoms with van der Waals surface area (Å²) >= 11 is 1.16. The van der Waals surface area contributed by atoms with Gasteiger partial charge >= 0.3 is 5.69 Å². The van der Waals surface area contributed by atoms with Gasteiger partial charge in [0.25, 0.3) is 0 Å². The topological polar surface area (TPSA) is 84.7 Å². The van der Waals surface area contributed by atoms with Crippen LogP contribution < -0.4 is 0 Å². The Labute approximate surface area is 102 Å². The van der Waals surface area contributed by atoms with Crippen molar-refractivity contribution in [3.8, 4) is 0 Å². The van der Waals surface area contributed by atoms with Crippen molar-refractivity contribution in [2.24, 2.45) is 0 Å². The fourth-order valence-corrected chi connectivity index (χ4v) is 2.09. The molecule has 0 saturated carbocycles. The van der Waals surface area contributed by atoms with Crippen molar-refractivity contribution in [1.29, 1.82) is 0 Å². The number of aromatic amines is 1. The smallest absolute Gasteiger partial charge is 0.301 e. The largest absolute Gasteiger partial charge is 0.337 e. The second-order valence-electron chi connectivity index (χ2n) is 3.25. The van der Waals surface area contributed by atoms with E-state index < -0.39 is 4.92 Å². The number of aryl methyl sites for hydroxylation is 1. The number of imidazole rings is 1. The van der Waals surface area contributed by atoms with Crippen molar-refractivity contribution in [3.05, 3.63) is 40.3 Å². The molecule has 17 heavy (non-hydrogen) atoms. The Bertz CT molecular complexity index is 541. The van der Waals surface area contributed by atoms with Crippen LogP contribution in [0.1, 0.15) is 12.6 Å². The molecule has 0 saturated heterocycles. The molecule has 7 heteroatoms. The maximum absolute atomic E-state index is 10.8. The molecule has 1 N–H and O–H groups in total. The normalized spacial score (nSPS) is 10.4. The van der Waals surface area contributed by atoms with E-state index in [1.54, 1.807) is 12.3 Å². The van der Waals surface area contributed by atoms with Crippen LogP contribution in [-0.4, -0.2) is 19.9 Å². The minimum atomic E-state index is -0.445. The molecule has 2 rings (SSSR count). The van der Waals surface area contributed by atoms with Crippen molar-refractivity contribution < 1.29 is 4.92 Å². The minimum absolute atomic E-state index is 0.00746. The van der Waals surface area contributed by atoms with Gasteiger partial charge in [-0.25, -0.2) is 9.97 Å². The van der Waals surface area contributed by atoms with Crippen LogP contribution in [0.15, 0.2) is 34.7 Å². The number of nitrogens with zero attached hydrogens (tertiary/aromatic N) is 3. The summed E-state index contributed by atoms with van der Waals surface area (Å²) in [6, 6.07) is 2.97. The molecule has 0 fully saturated rings. The van der Waals surface area contributed by atoms with Gasteiger partial charge in [0.05, 0.1) is 4.92 Å². The number of hydrogen-bond donors (Lipinski definition) is 1. The molecular formula is C10H10N4O2S. The monoisotopic (exact) mass is 250 g/mol. The second-order valence-corrected chi connectivity index (χ2v) is 4.23. The predicted octanol–water partition coefficient (Wildman–Crippen LogP) is 2.43. The van der Waals surface area contributed by atoms with Crippen molar-refractivity contribution in [2.75, 3.05) is 0 Å². The van der Waals surface area contributed by atoms with Crippen molar-refractivity contribution in [1.82, 2.24) is 15.0 Å². The van der Waals surface area contributed by atoms with Crippen LogP contribution in [-0.2, 0) is 6.42 Å². The maximum atomic E-state index is 10.8. The van der Waals surface area contributed by atoms with Crippen molar-refractivity contribution in [3.63, 3.8) is 0 Å². The lowest BCUT2D eigenvalue weighted by atomic mass is 10.4. The summed E-state index contributed by atoms with van der Waals surface area (Å²) in [5.74, 6) is 0. The zero-order valence-corrected chi connectivity index (χ0v) is 9.90. The number of nitro groups is 1. The lowest BCUT2D eigenvalue weighted by molar-refractivity contribution is -0.388. The molecule has 0 atom stereocenters. The minimum Gasteiger partial charge on any atom is -0.337 e. The summed E-state index contributed by atoms with van der Waals surface area (Å²) in [5.41, 5.74) is 0.984. The van der Waals surface area contributed by atoms with Crippen LogP contribution in [0.4, 0.5) is 5.69 Å². The van der Waals surface area contributed by atoms with Gasteiger partial charge in [-0.15, -0.1) is 0 Å². The SMILES string of the molecule is CCc1cnc(Sc2ncccc2[N+](=O)[O-])[nH]1. The van der Waals surface area contributed by atoms with Crippen molar-refractivity contribution in [2.45, 2.75) is 23.5 Å². The summed E-state index contributed by atoms with van der Waals surface area (Å²) < 4.78 is 0. The van der Waals surface area contributed by atoms with Gasteiger partial charge in [-0.1, -0.05) is 6.92 Å². The van der Waals surface area contributed by atoms with Crippen molar-refractivity contribution >= 4 is 17.4 Å². The predicted molar refractivity (Wildman–Crippen MR) is 63.0 cm³/mol. The summed E-state index contributed by atoms with van der Waals surface area (Å²) in [7, 11) is 0. The third kappa shape index (κ3) is 2.62. The van der Waals surface area contributed by atoms with Crippen LogP contribution in [0, 0.1) is 10.1 Å². The molecular weight excluding hydrogens is 240 g/mol. The Morgan fingerprint density at radius 2 is 2.35 bits per heavy atom. The summed E-state index contributed by atoms with van der Waals surface area (Å²) in [6.07, 6.45) is 4.09. The van der Waals surface area contributed by atoms with Gasteiger partial charge in [0.2, 0.25) is 0 Å². The highest BCUT2D eigenvalue weighted by atomic mass is 32.2. The zero-order valence-electron chi connectivity index (χ0n) is 9.08. The fourth-order valence-electron chi connectivity index (χ4n) is 1.26. The van der Waals surface area contributed by atoms with Gasteiger partial charge in [0, 0.05) is 24.2 Å². The number of nitrogens with one attached hydrogen (secondary N) is 1. The van der Waals surface area contributed by atoms with E-state index in [-0.39, 0.29) is 5.69 Å². The third-order valence-corrected chi connectivity index (χ3v) is 3.04. The Hall–Kier alpha value is -1.89. The molecule has 0 unspecified atom stereocenters. The number of H-pyrrole nitrogens is 1. The summed E-state index contributed by atoms with van der Waals surface area (Å²) in [5, 5.41) is 11.8. The molecule has 2 heterocycles. The van der Waals surface area contributed by atoms with Gasteiger partial charge in [0.1, 0.15) is 0 Å². The van der Waals surface area contributed by atoms with E-state index in [0.29, 0.717) is 10.2 Å². The van der Waals surface area contributed by atoms with E-state index in [9.17, 15) is 10.1 Å². The lowest BCUT2D eigenvalue weighted by Crippen LogP contribution is -1.92. The molecule has 88 valence electrons. The second kappa shape index (κ2) is 4.96. The van der Waals surface area contributed by atoms with E-state index in [0.717, 1.165) is 23.9 Å². The molecule has 0 aliphatic carbocycles. The first-order chi connectivity index (χ1) is 8.20. The first-order valence-electron chi connectivity index (χ1n) is 5.02. The molecule has 2 aromatic rings. The molecule has 6 nitrogen and oxygen atoms in total. The van der Waals surface area contributed by atoms with Crippen LogP contribution in [0.2, 0.25) is 0 Å². The number of rotatable bonds is 4. The van der Waals surface area contributed by atoms with E-state index in [1.165, 1.54) is 12.3 Å². The quantitative estimate of drug-likeness (QED) is 0.665. The third-order valence-electron chi connectivity index (χ3n) is 2.13. The summed E-state index contributed by atoms with van der Waals surface area (Å²) in [6.45, 7) is 2.01. The first-order valence-corrected chi connectivity index (χ1v) is 5.83. The molecule has 2 aromatic heterocycles. The van der Waals surface area contributed by atoms with Crippen LogP contribution in [0.5, 0.6) is 0 Å². The number of pyridine rings is 1. The van der Waals surface area contributed by atoms with Gasteiger partial charge in [0.15, 0.2) is 10.2 Å². The molecule has 0 aliphatic rings. The first kappa shape index (κ1) is 11.6. The van der Waals surface area contributed by atoms with Crippen LogP contribution in [0.25, 0.3) is 0 Å². The van der Waals surface area contributed by atoms with Crippen LogP contribution in [0.3, 0.4) is 0 Å². The average Bonchev–Trinajstić information content (AvgIpc) is 2.77. The molecule has 0 radical (unpaired) electrons. The Morgan fingerprint density at radius 1 is 1.53 bits per heavy atom. The average molecular weight is 250 g/mol. The Balaban J connectivity index is 2.26. The Morgan fingerprint density at radius 3 is 3.00 bits per heavy atom. The molecule has 0 aliphatic heterocycles. The van der Waals surface area contributed by atoms with Gasteiger partial charge in [-0.3, -0.25) is 10.1 Å². The highest BCUT2D eigenvalue weighted by Gasteiger charge is 2.16. The number of aromatic nitrogens is 3. The highest BCUT2D eigenvalue weighted by molar-refractivity contribution is 7.99. The zero-order chi connectivity index (χ0) is 12.3. The Kier molecular flexibility index (Phi) is 3.38. The van der Waals surface area contributed by atoms with Crippen LogP contribution >= 0.6 is 11.8 Å². The maximum Gasteiger partial charge on any atom is 0.301 e. The molecule has 0 aromatic carbocycles. The number of hydrogen-bond acceptors (Lipinski definition) is 5. The molecule has 0 amide bonds. The standard InChI is InChI=1S/C10H10N4O2S/c1-2-7-6-12-10(13-7)17-9-8(14(15)16)4-3-5-11-9/h3-6H,2H2,1H3,(H,12,13). The van der Waals surface area contributed by atoms with Gasteiger partial charge < -0.3 is 4.98 Å². The molecule has 0 spiro atoms. The summed E-state index contributed by atoms with van der Waals surface area (Å²) in [4.78, 5) is 21.5. The van der Waals surface area contributed by atoms with E-state index >= 15 is 0 Å².